The molecule has 112 valence electrons. The fraction of sp³-hybridized carbons (Fsp3) is 0.556. The SMILES string of the molecule is CC(C)CC1(C(=O)C(C#N)c2ccccc2Cl)CCCC1. The first-order chi connectivity index (χ1) is 10.00. The topological polar surface area (TPSA) is 40.9 Å². The van der Waals surface area contributed by atoms with Gasteiger partial charge in [0.2, 0.25) is 0 Å². The first kappa shape index (κ1) is 16.0. The van der Waals surface area contributed by atoms with Crippen LogP contribution in [0.4, 0.5) is 0 Å². The Kier molecular flexibility index (Phi) is 5.06. The summed E-state index contributed by atoms with van der Waals surface area (Å²) in [5.41, 5.74) is 0.329. The lowest BCUT2D eigenvalue weighted by Crippen LogP contribution is -2.34. The Labute approximate surface area is 132 Å². The molecule has 1 unspecified atom stereocenters. The predicted molar refractivity (Wildman–Crippen MR) is 85.2 cm³/mol. The summed E-state index contributed by atoms with van der Waals surface area (Å²) in [4.78, 5) is 13.1. The third kappa shape index (κ3) is 3.30. The molecule has 2 nitrogen and oxygen atoms in total. The van der Waals surface area contributed by atoms with Gasteiger partial charge in [0.25, 0.3) is 0 Å². The van der Waals surface area contributed by atoms with Gasteiger partial charge in [-0.25, -0.2) is 0 Å². The van der Waals surface area contributed by atoms with Crippen molar-refractivity contribution in [2.45, 2.75) is 51.9 Å². The number of hydrogen-bond acceptors (Lipinski definition) is 2. The summed E-state index contributed by atoms with van der Waals surface area (Å²) in [6.45, 7) is 4.29. The highest BCUT2D eigenvalue weighted by Crippen LogP contribution is 2.47. The smallest absolute Gasteiger partial charge is 0.160 e. The van der Waals surface area contributed by atoms with Crippen molar-refractivity contribution < 1.29 is 4.79 Å². The van der Waals surface area contributed by atoms with E-state index in [-0.39, 0.29) is 11.2 Å². The van der Waals surface area contributed by atoms with E-state index < -0.39 is 5.92 Å². The second-order valence-corrected chi connectivity index (χ2v) is 6.94. The van der Waals surface area contributed by atoms with Gasteiger partial charge in [0.1, 0.15) is 5.92 Å². The number of nitrogens with zero attached hydrogens (tertiary/aromatic N) is 1. The third-order valence-corrected chi connectivity index (χ3v) is 4.83. The molecule has 1 atom stereocenters. The van der Waals surface area contributed by atoms with E-state index >= 15 is 0 Å². The van der Waals surface area contributed by atoms with Crippen LogP contribution in [0, 0.1) is 22.7 Å². The Morgan fingerprint density at radius 1 is 1.33 bits per heavy atom. The highest BCUT2D eigenvalue weighted by molar-refractivity contribution is 6.31. The maximum Gasteiger partial charge on any atom is 0.160 e. The van der Waals surface area contributed by atoms with Crippen molar-refractivity contribution in [3.05, 3.63) is 34.9 Å². The van der Waals surface area contributed by atoms with Crippen molar-refractivity contribution in [1.82, 2.24) is 0 Å². The normalized spacial score (nSPS) is 18.4. The maximum absolute atomic E-state index is 13.1. The minimum absolute atomic E-state index is 0.0734. The third-order valence-electron chi connectivity index (χ3n) is 4.49. The van der Waals surface area contributed by atoms with Crippen molar-refractivity contribution in [1.29, 1.82) is 5.26 Å². The van der Waals surface area contributed by atoms with Crippen LogP contribution in [0.3, 0.4) is 0 Å². The van der Waals surface area contributed by atoms with Gasteiger partial charge in [-0.3, -0.25) is 4.79 Å². The second kappa shape index (κ2) is 6.62. The lowest BCUT2D eigenvalue weighted by molar-refractivity contribution is -0.129. The van der Waals surface area contributed by atoms with Crippen LogP contribution in [0.25, 0.3) is 0 Å². The molecule has 0 spiro atoms. The molecule has 0 heterocycles. The monoisotopic (exact) mass is 303 g/mol. The summed E-state index contributed by atoms with van der Waals surface area (Å²) >= 11 is 6.20. The van der Waals surface area contributed by atoms with E-state index in [2.05, 4.69) is 19.9 Å². The first-order valence-corrected chi connectivity index (χ1v) is 8.06. The standard InChI is InChI=1S/C18H22ClNO/c1-13(2)11-18(9-5-6-10-18)17(21)15(12-20)14-7-3-4-8-16(14)19/h3-4,7-8,13,15H,5-6,9-11H2,1-2H3. The second-order valence-electron chi connectivity index (χ2n) is 6.53. The van der Waals surface area contributed by atoms with E-state index in [0.717, 1.165) is 32.1 Å². The van der Waals surface area contributed by atoms with Crippen molar-refractivity contribution >= 4 is 17.4 Å². The zero-order valence-electron chi connectivity index (χ0n) is 12.7. The molecular weight excluding hydrogens is 282 g/mol. The molecule has 1 aromatic rings. The first-order valence-electron chi connectivity index (χ1n) is 7.68. The van der Waals surface area contributed by atoms with Gasteiger partial charge in [-0.05, 0) is 36.8 Å². The lowest BCUT2D eigenvalue weighted by Gasteiger charge is -2.31. The molecule has 0 radical (unpaired) electrons. The van der Waals surface area contributed by atoms with Gasteiger partial charge in [0, 0.05) is 10.4 Å². The molecule has 0 aromatic heterocycles. The van der Waals surface area contributed by atoms with Crippen LogP contribution in [0.2, 0.25) is 5.02 Å². The molecule has 3 heteroatoms. The molecule has 0 bridgehead atoms. The molecule has 0 aliphatic heterocycles. The van der Waals surface area contributed by atoms with Gasteiger partial charge < -0.3 is 0 Å². The fourth-order valence-electron chi connectivity index (χ4n) is 3.67. The van der Waals surface area contributed by atoms with Crippen LogP contribution in [0.5, 0.6) is 0 Å². The van der Waals surface area contributed by atoms with Gasteiger partial charge in [-0.15, -0.1) is 0 Å². The number of benzene rings is 1. The van der Waals surface area contributed by atoms with E-state index in [9.17, 15) is 10.1 Å². The largest absolute Gasteiger partial charge is 0.297 e. The van der Waals surface area contributed by atoms with Gasteiger partial charge in [-0.1, -0.05) is 56.5 Å². The number of carbonyl (C=O) groups is 1. The molecule has 2 rings (SSSR count). The average Bonchev–Trinajstić information content (AvgIpc) is 2.90. The lowest BCUT2D eigenvalue weighted by atomic mass is 9.70. The van der Waals surface area contributed by atoms with Crippen LogP contribution < -0.4 is 0 Å². The zero-order valence-corrected chi connectivity index (χ0v) is 13.5. The molecule has 1 saturated carbocycles. The summed E-state index contributed by atoms with van der Waals surface area (Å²) < 4.78 is 0. The number of hydrogen-bond donors (Lipinski definition) is 0. The Bertz CT molecular complexity index is 553. The summed E-state index contributed by atoms with van der Waals surface area (Å²) in [6, 6.07) is 9.41. The summed E-state index contributed by atoms with van der Waals surface area (Å²) in [7, 11) is 0. The molecule has 1 aliphatic carbocycles. The minimum atomic E-state index is -0.740. The molecule has 0 saturated heterocycles. The molecule has 21 heavy (non-hydrogen) atoms. The van der Waals surface area contributed by atoms with E-state index in [4.69, 9.17) is 11.6 Å². The van der Waals surface area contributed by atoms with E-state index in [0.29, 0.717) is 16.5 Å². The molecule has 0 N–H and O–H groups in total. The van der Waals surface area contributed by atoms with Crippen LogP contribution in [0.1, 0.15) is 57.4 Å². The quantitative estimate of drug-likeness (QED) is 0.757. The summed E-state index contributed by atoms with van der Waals surface area (Å²) in [5, 5.41) is 10.1. The van der Waals surface area contributed by atoms with Gasteiger partial charge in [0.05, 0.1) is 6.07 Å². The van der Waals surface area contributed by atoms with Gasteiger partial charge in [-0.2, -0.15) is 5.26 Å². The molecule has 1 aliphatic rings. The summed E-state index contributed by atoms with van der Waals surface area (Å²) in [6.07, 6.45) is 4.85. The predicted octanol–water partition coefficient (Wildman–Crippen LogP) is 5.12. The summed E-state index contributed by atoms with van der Waals surface area (Å²) in [5.74, 6) is -0.211. The van der Waals surface area contributed by atoms with Crippen LogP contribution in [-0.2, 0) is 4.79 Å². The van der Waals surface area contributed by atoms with Gasteiger partial charge >= 0.3 is 0 Å². The minimum Gasteiger partial charge on any atom is -0.297 e. The Hall–Kier alpha value is -1.33. The number of nitriles is 1. The Balaban J connectivity index is 2.35. The molecular formula is C18H22ClNO. The highest BCUT2D eigenvalue weighted by atomic mass is 35.5. The zero-order chi connectivity index (χ0) is 15.5. The molecule has 1 aromatic carbocycles. The average molecular weight is 304 g/mol. The van der Waals surface area contributed by atoms with Crippen molar-refractivity contribution in [3.8, 4) is 6.07 Å². The van der Waals surface area contributed by atoms with Crippen molar-refractivity contribution in [2.75, 3.05) is 0 Å². The fourth-order valence-corrected chi connectivity index (χ4v) is 3.91. The van der Waals surface area contributed by atoms with E-state index in [1.807, 2.05) is 12.1 Å². The number of Topliss-reactive ketones (excluding diaryl/α,β-unsaturated/α-hetero) is 1. The molecule has 0 amide bonds. The van der Waals surface area contributed by atoms with Crippen molar-refractivity contribution in [3.63, 3.8) is 0 Å². The Morgan fingerprint density at radius 3 is 2.48 bits per heavy atom. The van der Waals surface area contributed by atoms with Crippen LogP contribution >= 0.6 is 11.6 Å². The molecule has 1 fully saturated rings. The number of rotatable bonds is 5. The van der Waals surface area contributed by atoms with Gasteiger partial charge in [0.15, 0.2) is 5.78 Å². The van der Waals surface area contributed by atoms with E-state index in [1.165, 1.54) is 0 Å². The number of ketones is 1. The number of carbonyl (C=O) groups excluding carboxylic acids is 1. The maximum atomic E-state index is 13.1. The van der Waals surface area contributed by atoms with Crippen LogP contribution in [-0.4, -0.2) is 5.78 Å². The highest BCUT2D eigenvalue weighted by Gasteiger charge is 2.45. The number of halogens is 1. The Morgan fingerprint density at radius 2 is 1.95 bits per heavy atom. The van der Waals surface area contributed by atoms with Crippen molar-refractivity contribution in [2.24, 2.45) is 11.3 Å². The van der Waals surface area contributed by atoms with Crippen LogP contribution in [0.15, 0.2) is 24.3 Å². The van der Waals surface area contributed by atoms with E-state index in [1.54, 1.807) is 12.1 Å².